The molecule has 0 saturated heterocycles. The lowest BCUT2D eigenvalue weighted by molar-refractivity contribution is -0.266. The fourth-order valence-electron chi connectivity index (χ4n) is 1.95. The van der Waals surface area contributed by atoms with Crippen molar-refractivity contribution in [2.24, 2.45) is 0 Å². The van der Waals surface area contributed by atoms with Gasteiger partial charge in [-0.3, -0.25) is 10.1 Å². The molecule has 126 valence electrons. The van der Waals surface area contributed by atoms with Crippen LogP contribution in [0.5, 0.6) is 0 Å². The molecule has 0 aliphatic carbocycles. The molecule has 0 heterocycles. The van der Waals surface area contributed by atoms with Crippen molar-refractivity contribution in [3.8, 4) is 0 Å². The highest BCUT2D eigenvalue weighted by Gasteiger charge is 1.97. The first-order valence-electron chi connectivity index (χ1n) is 8.21. The van der Waals surface area contributed by atoms with E-state index in [2.05, 4.69) is 23.1 Å². The quantitative estimate of drug-likeness (QED) is 0.153. The van der Waals surface area contributed by atoms with Gasteiger partial charge < -0.3 is 5.11 Å². The molecule has 0 radical (unpaired) electrons. The van der Waals surface area contributed by atoms with Gasteiger partial charge in [0.05, 0.1) is 0 Å². The molecule has 0 fully saturated rings. The Morgan fingerprint density at radius 2 is 1.77 bits per heavy atom. The topological polar surface area (TPSA) is 66.8 Å². The second-order valence-corrected chi connectivity index (χ2v) is 5.27. The summed E-state index contributed by atoms with van der Waals surface area (Å²) in [7, 11) is 0. The normalized spacial score (nSPS) is 13.5. The van der Waals surface area contributed by atoms with E-state index in [1.165, 1.54) is 12.8 Å². The minimum Gasteiger partial charge on any atom is -0.481 e. The Morgan fingerprint density at radius 1 is 1.05 bits per heavy atom. The second-order valence-electron chi connectivity index (χ2n) is 5.27. The van der Waals surface area contributed by atoms with Gasteiger partial charge in [0, 0.05) is 6.42 Å². The molecule has 0 aliphatic heterocycles. The minimum absolute atomic E-state index is 0.226. The zero-order chi connectivity index (χ0) is 16.5. The fraction of sp³-hybridized carbons (Fsp3) is 0.611. The lowest BCUT2D eigenvalue weighted by Gasteiger charge is -2.02. The van der Waals surface area contributed by atoms with Crippen molar-refractivity contribution in [1.29, 1.82) is 0 Å². The first-order valence-corrected chi connectivity index (χ1v) is 8.21. The van der Waals surface area contributed by atoms with Gasteiger partial charge in [0.25, 0.3) is 0 Å². The number of carbonyl (C=O) groups is 1. The molecule has 4 heteroatoms. The van der Waals surface area contributed by atoms with Crippen LogP contribution in [0.3, 0.4) is 0 Å². The Morgan fingerprint density at radius 3 is 2.45 bits per heavy atom. The molecular formula is C18H30O4. The Hall–Kier alpha value is -1.39. The first kappa shape index (κ1) is 20.6. The van der Waals surface area contributed by atoms with Crippen molar-refractivity contribution in [1.82, 2.24) is 0 Å². The second kappa shape index (κ2) is 16.0. The molecule has 2 N–H and O–H groups in total. The maximum Gasteiger partial charge on any atom is 0.303 e. The molecule has 0 aromatic rings. The van der Waals surface area contributed by atoms with E-state index in [-0.39, 0.29) is 6.10 Å². The molecule has 0 aliphatic rings. The third kappa shape index (κ3) is 15.0. The lowest BCUT2D eigenvalue weighted by atomic mass is 10.1. The van der Waals surface area contributed by atoms with Gasteiger partial charge in [-0.25, -0.2) is 4.89 Å². The zero-order valence-electron chi connectivity index (χ0n) is 13.6. The van der Waals surface area contributed by atoms with Crippen LogP contribution in [0.2, 0.25) is 0 Å². The molecule has 0 saturated carbocycles. The van der Waals surface area contributed by atoms with Gasteiger partial charge in [-0.05, 0) is 32.1 Å². The average molecular weight is 310 g/mol. The smallest absolute Gasteiger partial charge is 0.303 e. The SMILES string of the molecule is CCC(/C=C/C=C\C/C=C\CCCCCCCC(=O)O)OO. The van der Waals surface area contributed by atoms with Gasteiger partial charge in [-0.1, -0.05) is 62.6 Å². The van der Waals surface area contributed by atoms with Gasteiger partial charge in [-0.15, -0.1) is 0 Å². The number of unbranched alkanes of at least 4 members (excludes halogenated alkanes) is 5. The van der Waals surface area contributed by atoms with Crippen molar-refractivity contribution in [3.05, 3.63) is 36.5 Å². The highest BCUT2D eigenvalue weighted by molar-refractivity contribution is 5.66. The summed E-state index contributed by atoms with van der Waals surface area (Å²) < 4.78 is 0. The summed E-state index contributed by atoms with van der Waals surface area (Å²) in [4.78, 5) is 14.6. The number of allylic oxidation sites excluding steroid dienone is 5. The number of hydrogen-bond donors (Lipinski definition) is 2. The van der Waals surface area contributed by atoms with E-state index in [0.717, 1.165) is 38.5 Å². The third-order valence-electron chi connectivity index (χ3n) is 3.31. The zero-order valence-corrected chi connectivity index (χ0v) is 13.6. The highest BCUT2D eigenvalue weighted by Crippen LogP contribution is 2.07. The monoisotopic (exact) mass is 310 g/mol. The molecule has 0 aromatic heterocycles. The lowest BCUT2D eigenvalue weighted by Crippen LogP contribution is -2.03. The standard InChI is InChI=1S/C18H30O4/c1-2-17(22-21)15-13-11-9-7-5-3-4-6-8-10-12-14-16-18(19)20/h3,5,9,11,13,15,17,21H,2,4,6-8,10,12,14,16H2,1H3,(H,19,20)/b5-3-,11-9-,15-13+. The van der Waals surface area contributed by atoms with E-state index >= 15 is 0 Å². The third-order valence-corrected chi connectivity index (χ3v) is 3.31. The first-order chi connectivity index (χ1) is 10.7. The molecule has 0 bridgehead atoms. The van der Waals surface area contributed by atoms with Gasteiger partial charge in [0.1, 0.15) is 6.10 Å². The van der Waals surface area contributed by atoms with Crippen LogP contribution in [0.1, 0.15) is 64.7 Å². The predicted octanol–water partition coefficient (Wildman–Crippen LogP) is 5.13. The molecule has 0 amide bonds. The Labute approximate surface area is 134 Å². The summed E-state index contributed by atoms with van der Waals surface area (Å²) >= 11 is 0. The molecule has 0 spiro atoms. The molecular weight excluding hydrogens is 280 g/mol. The average Bonchev–Trinajstić information content (AvgIpc) is 2.51. The van der Waals surface area contributed by atoms with E-state index in [1.807, 2.05) is 25.2 Å². The number of carboxylic acids is 1. The highest BCUT2D eigenvalue weighted by atomic mass is 17.1. The minimum atomic E-state index is -0.695. The summed E-state index contributed by atoms with van der Waals surface area (Å²) in [6.45, 7) is 1.95. The number of aliphatic carboxylic acids is 1. The summed E-state index contributed by atoms with van der Waals surface area (Å²) in [5.74, 6) is -0.695. The Balaban J connectivity index is 3.42. The molecule has 22 heavy (non-hydrogen) atoms. The van der Waals surface area contributed by atoms with Crippen LogP contribution in [0, 0.1) is 0 Å². The van der Waals surface area contributed by atoms with Crippen molar-refractivity contribution in [2.75, 3.05) is 0 Å². The van der Waals surface area contributed by atoms with Crippen molar-refractivity contribution >= 4 is 5.97 Å². The molecule has 1 unspecified atom stereocenters. The van der Waals surface area contributed by atoms with Crippen LogP contribution < -0.4 is 0 Å². The van der Waals surface area contributed by atoms with E-state index in [9.17, 15) is 4.79 Å². The molecule has 4 nitrogen and oxygen atoms in total. The number of carboxylic acid groups (broad SMARTS) is 1. The van der Waals surface area contributed by atoms with Gasteiger partial charge in [-0.2, -0.15) is 0 Å². The van der Waals surface area contributed by atoms with Crippen molar-refractivity contribution in [2.45, 2.75) is 70.8 Å². The van der Waals surface area contributed by atoms with Crippen LogP contribution in [-0.4, -0.2) is 22.4 Å². The summed E-state index contributed by atoms with van der Waals surface area (Å²) in [5, 5.41) is 17.0. The van der Waals surface area contributed by atoms with E-state index in [1.54, 1.807) is 0 Å². The van der Waals surface area contributed by atoms with E-state index in [4.69, 9.17) is 10.4 Å². The summed E-state index contributed by atoms with van der Waals surface area (Å²) in [5.41, 5.74) is 0. The van der Waals surface area contributed by atoms with Gasteiger partial charge in [0.2, 0.25) is 0 Å². The molecule has 0 rings (SSSR count). The Kier molecular flexibility index (Phi) is 15.0. The summed E-state index contributed by atoms with van der Waals surface area (Å²) in [6, 6.07) is 0. The maximum atomic E-state index is 10.3. The molecule has 0 aromatic carbocycles. The van der Waals surface area contributed by atoms with Crippen molar-refractivity contribution < 1.29 is 20.0 Å². The van der Waals surface area contributed by atoms with E-state index in [0.29, 0.717) is 6.42 Å². The summed E-state index contributed by atoms with van der Waals surface area (Å²) in [6.07, 6.45) is 20.1. The number of rotatable bonds is 14. The maximum absolute atomic E-state index is 10.3. The number of hydrogen-bond acceptors (Lipinski definition) is 3. The van der Waals surface area contributed by atoms with Gasteiger partial charge >= 0.3 is 5.97 Å². The fourth-order valence-corrected chi connectivity index (χ4v) is 1.95. The largest absolute Gasteiger partial charge is 0.481 e. The van der Waals surface area contributed by atoms with Crippen LogP contribution in [0.4, 0.5) is 0 Å². The van der Waals surface area contributed by atoms with Crippen LogP contribution in [-0.2, 0) is 9.68 Å². The van der Waals surface area contributed by atoms with Crippen LogP contribution >= 0.6 is 0 Å². The van der Waals surface area contributed by atoms with Crippen LogP contribution in [0.25, 0.3) is 0 Å². The predicted molar refractivity (Wildman–Crippen MR) is 89.8 cm³/mol. The van der Waals surface area contributed by atoms with E-state index < -0.39 is 5.97 Å². The van der Waals surface area contributed by atoms with Crippen LogP contribution in [0.15, 0.2) is 36.5 Å². The van der Waals surface area contributed by atoms with Crippen molar-refractivity contribution in [3.63, 3.8) is 0 Å². The Bertz CT molecular complexity index is 341. The van der Waals surface area contributed by atoms with Gasteiger partial charge in [0.15, 0.2) is 0 Å². The molecule has 1 atom stereocenters.